The summed E-state index contributed by atoms with van der Waals surface area (Å²) < 4.78 is 22.3. The molecule has 0 radical (unpaired) electrons. The van der Waals surface area contributed by atoms with Crippen LogP contribution in [-0.4, -0.2) is 136 Å². The molecule has 0 aliphatic carbocycles. The van der Waals surface area contributed by atoms with Gasteiger partial charge < -0.3 is 44.0 Å². The molecule has 2 aliphatic rings. The molecule has 3 heterocycles. The molecule has 2 aliphatic heterocycles. The summed E-state index contributed by atoms with van der Waals surface area (Å²) in [5.74, 6) is -0.307. The maximum Gasteiger partial charge on any atom is 0.407 e. The molecule has 2 fully saturated rings. The Hall–Kier alpha value is -6.36. The quantitative estimate of drug-likeness (QED) is 0.0942. The summed E-state index contributed by atoms with van der Waals surface area (Å²) in [6.45, 7) is 15.9. The second-order valence-electron chi connectivity index (χ2n) is 18.6. The number of likely N-dealkylation sites (N-methyl/N-ethyl adjacent to an activating group) is 1. The standard InChI is InChI=1S/C52H72N8O9/c1-12-33(7)45(41-17-15-25-60(41)50(63)44(32(5)6)57-52(65)67-11)55-40(13-2)34-18-20-35(21-19-34)47-48(68-27-26-58(8)9)46(61)38-28-36(22-23-42(38)69-47)39(53)30-54-29-37-16-14-24-59(37)49(62)43(31(3)4)56-51(64)66-10/h18-23,28,30-33,37,43-44,53H,12-17,24-27,29H2,1-11H3,(H,56,64)(H,57,65)/b45-41-,53-39?,54-30?,55-40?. The molecule has 374 valence electrons. The Kier molecular flexibility index (Phi) is 19.2. The number of nitrogens with zero attached hydrogens (tertiary/aromatic N) is 5. The van der Waals surface area contributed by atoms with Crippen molar-refractivity contribution in [2.75, 3.05) is 61.1 Å². The number of rotatable bonds is 20. The van der Waals surface area contributed by atoms with Gasteiger partial charge in [0, 0.05) is 48.4 Å². The van der Waals surface area contributed by atoms with Crippen molar-refractivity contribution in [1.29, 1.82) is 5.41 Å². The first kappa shape index (κ1) is 53.6. The third-order valence-electron chi connectivity index (χ3n) is 12.8. The Bertz CT molecular complexity index is 2480. The first-order chi connectivity index (χ1) is 32.9. The average molecular weight is 953 g/mol. The van der Waals surface area contributed by atoms with Crippen molar-refractivity contribution in [2.24, 2.45) is 27.7 Å². The van der Waals surface area contributed by atoms with E-state index < -0.39 is 24.3 Å². The van der Waals surface area contributed by atoms with Gasteiger partial charge in [-0.2, -0.15) is 0 Å². The maximum absolute atomic E-state index is 14.4. The van der Waals surface area contributed by atoms with Gasteiger partial charge in [0.1, 0.15) is 24.3 Å². The minimum atomic E-state index is -0.753. The van der Waals surface area contributed by atoms with Crippen LogP contribution in [-0.2, 0) is 19.1 Å². The molecule has 4 unspecified atom stereocenters. The zero-order valence-corrected chi connectivity index (χ0v) is 42.3. The van der Waals surface area contributed by atoms with Crippen LogP contribution in [0.3, 0.4) is 0 Å². The number of benzene rings is 2. The molecular weight excluding hydrogens is 881 g/mol. The molecule has 2 aromatic carbocycles. The molecule has 5 rings (SSSR count). The van der Waals surface area contributed by atoms with Crippen LogP contribution < -0.4 is 20.8 Å². The molecule has 17 nitrogen and oxygen atoms in total. The predicted molar refractivity (Wildman–Crippen MR) is 269 cm³/mol. The Labute approximate surface area is 406 Å². The monoisotopic (exact) mass is 953 g/mol. The van der Waals surface area contributed by atoms with Crippen molar-refractivity contribution in [1.82, 2.24) is 25.3 Å². The van der Waals surface area contributed by atoms with Crippen molar-refractivity contribution in [3.05, 3.63) is 75.2 Å². The van der Waals surface area contributed by atoms with E-state index in [1.165, 1.54) is 20.4 Å². The topological polar surface area (TPSA) is 209 Å². The summed E-state index contributed by atoms with van der Waals surface area (Å²) in [6.07, 6.45) is 4.55. The SMILES string of the molecule is CCC(=N/C(=C1/CCCN1C(=O)C(NC(=O)OC)C(C)C)C(C)CC)c1ccc(-c2oc3ccc(C(=N)C=NCC4CCCN4C(=O)C(NC(=O)OC)C(C)C)cc3c(=O)c2OCCN(C)C)cc1. The van der Waals surface area contributed by atoms with E-state index in [0.717, 1.165) is 48.4 Å². The Morgan fingerprint density at radius 1 is 0.899 bits per heavy atom. The van der Waals surface area contributed by atoms with Crippen LogP contribution in [0.15, 0.2) is 73.1 Å². The normalized spacial score (nSPS) is 17.4. The highest BCUT2D eigenvalue weighted by atomic mass is 16.5. The molecule has 69 heavy (non-hydrogen) atoms. The van der Waals surface area contributed by atoms with Crippen molar-refractivity contribution in [2.45, 2.75) is 105 Å². The van der Waals surface area contributed by atoms with Crippen LogP contribution in [0, 0.1) is 23.2 Å². The number of aliphatic imine (C=N–C) groups is 2. The van der Waals surface area contributed by atoms with Crippen molar-refractivity contribution >= 4 is 52.6 Å². The first-order valence-electron chi connectivity index (χ1n) is 24.1. The van der Waals surface area contributed by atoms with Gasteiger partial charge in [-0.25, -0.2) is 9.59 Å². The zero-order valence-electron chi connectivity index (χ0n) is 42.3. The predicted octanol–water partition coefficient (Wildman–Crippen LogP) is 7.67. The van der Waals surface area contributed by atoms with Crippen molar-refractivity contribution in [3.63, 3.8) is 0 Å². The van der Waals surface area contributed by atoms with Gasteiger partial charge in [0.05, 0.1) is 43.6 Å². The van der Waals surface area contributed by atoms with E-state index in [1.807, 2.05) is 77.9 Å². The minimum Gasteiger partial charge on any atom is -0.485 e. The van der Waals surface area contributed by atoms with Gasteiger partial charge >= 0.3 is 12.2 Å². The number of ether oxygens (including phenoxy) is 3. The molecule has 1 aromatic heterocycles. The molecule has 0 bridgehead atoms. The fourth-order valence-corrected chi connectivity index (χ4v) is 8.54. The van der Waals surface area contributed by atoms with E-state index in [0.29, 0.717) is 49.2 Å². The largest absolute Gasteiger partial charge is 0.485 e. The lowest BCUT2D eigenvalue weighted by atomic mass is 9.99. The number of allylic oxidation sites excluding steroid dienone is 2. The smallest absolute Gasteiger partial charge is 0.407 e. The molecule has 0 spiro atoms. The highest BCUT2D eigenvalue weighted by Crippen LogP contribution is 2.34. The van der Waals surface area contributed by atoms with Crippen LogP contribution in [0.25, 0.3) is 22.3 Å². The van der Waals surface area contributed by atoms with Gasteiger partial charge in [0.15, 0.2) is 5.76 Å². The summed E-state index contributed by atoms with van der Waals surface area (Å²) in [6, 6.07) is 11.0. The van der Waals surface area contributed by atoms with Gasteiger partial charge in [0.2, 0.25) is 23.0 Å². The Balaban J connectivity index is 1.43. The molecule has 0 saturated carbocycles. The summed E-state index contributed by atoms with van der Waals surface area (Å²) in [5.41, 5.74) is 4.53. The van der Waals surface area contributed by atoms with E-state index in [4.69, 9.17) is 29.0 Å². The molecular formula is C52H72N8O9. The van der Waals surface area contributed by atoms with Crippen LogP contribution in [0.4, 0.5) is 9.59 Å². The maximum atomic E-state index is 14.4. The number of carbonyl (C=O) groups is 4. The van der Waals surface area contributed by atoms with Gasteiger partial charge in [-0.05, 0) is 94.1 Å². The number of amides is 4. The number of alkyl carbamates (subject to hydrolysis) is 2. The van der Waals surface area contributed by atoms with Crippen molar-refractivity contribution in [3.8, 4) is 17.1 Å². The lowest BCUT2D eigenvalue weighted by Gasteiger charge is -2.30. The number of hydrogen-bond donors (Lipinski definition) is 3. The molecule has 2 saturated heterocycles. The van der Waals surface area contributed by atoms with E-state index in [9.17, 15) is 24.0 Å². The van der Waals surface area contributed by atoms with Gasteiger partial charge in [-0.1, -0.05) is 72.7 Å². The third-order valence-corrected chi connectivity index (χ3v) is 12.8. The third kappa shape index (κ3) is 13.2. The van der Waals surface area contributed by atoms with E-state index in [-0.39, 0.29) is 76.8 Å². The summed E-state index contributed by atoms with van der Waals surface area (Å²) in [4.78, 5) is 81.4. The minimum absolute atomic E-state index is 0.0487. The van der Waals surface area contributed by atoms with Crippen LogP contribution in [0.5, 0.6) is 5.75 Å². The van der Waals surface area contributed by atoms with Gasteiger partial charge in [-0.15, -0.1) is 0 Å². The van der Waals surface area contributed by atoms with Crippen LogP contribution in [0.2, 0.25) is 0 Å². The van der Waals surface area contributed by atoms with Crippen LogP contribution in [0.1, 0.15) is 98.1 Å². The number of hydrogen-bond acceptors (Lipinski definition) is 13. The number of likely N-dealkylation sites (tertiary alicyclic amines) is 2. The summed E-state index contributed by atoms with van der Waals surface area (Å²) in [5, 5.41) is 14.5. The molecule has 4 amide bonds. The first-order valence-corrected chi connectivity index (χ1v) is 24.1. The fourth-order valence-electron chi connectivity index (χ4n) is 8.54. The lowest BCUT2D eigenvalue weighted by Crippen LogP contribution is -2.52. The van der Waals surface area contributed by atoms with E-state index >= 15 is 0 Å². The Morgan fingerprint density at radius 3 is 2.13 bits per heavy atom. The van der Waals surface area contributed by atoms with E-state index in [2.05, 4.69) is 29.5 Å². The van der Waals surface area contributed by atoms with Gasteiger partial charge in [0.25, 0.3) is 0 Å². The number of carbonyl (C=O) groups excluding carboxylic acids is 4. The molecule has 17 heteroatoms. The second-order valence-corrected chi connectivity index (χ2v) is 18.6. The Morgan fingerprint density at radius 2 is 1.54 bits per heavy atom. The van der Waals surface area contributed by atoms with Crippen LogP contribution >= 0.6 is 0 Å². The lowest BCUT2D eigenvalue weighted by molar-refractivity contribution is -0.135. The summed E-state index contributed by atoms with van der Waals surface area (Å²) >= 11 is 0. The van der Waals surface area contributed by atoms with Gasteiger partial charge in [-0.3, -0.25) is 29.8 Å². The second kappa shape index (κ2) is 24.8. The van der Waals surface area contributed by atoms with E-state index in [1.54, 1.807) is 28.0 Å². The molecule has 4 atom stereocenters. The molecule has 3 N–H and O–H groups in total. The highest BCUT2D eigenvalue weighted by Gasteiger charge is 2.37. The average Bonchev–Trinajstić information content (AvgIpc) is 4.03. The summed E-state index contributed by atoms with van der Waals surface area (Å²) in [7, 11) is 6.38. The van der Waals surface area contributed by atoms with Crippen molar-refractivity contribution < 1.29 is 37.8 Å². The highest BCUT2D eigenvalue weighted by molar-refractivity contribution is 6.37. The molecule has 3 aromatic rings. The zero-order chi connectivity index (χ0) is 50.5. The number of nitrogens with one attached hydrogen (secondary N) is 3. The number of fused-ring (bicyclic) bond motifs is 1. The number of methoxy groups -OCH3 is 2. The fraction of sp³-hybridized carbons (Fsp3) is 0.538.